The van der Waals surface area contributed by atoms with Crippen LogP contribution in [-0.2, 0) is 10.4 Å². The van der Waals surface area contributed by atoms with Crippen LogP contribution < -0.4 is 14.8 Å². The van der Waals surface area contributed by atoms with Crippen molar-refractivity contribution in [3.8, 4) is 11.6 Å². The molecule has 4 rings (SSSR count). The molecule has 1 aliphatic rings. The third-order valence-corrected chi connectivity index (χ3v) is 5.81. The van der Waals surface area contributed by atoms with Gasteiger partial charge in [0.25, 0.3) is 0 Å². The Kier molecular flexibility index (Phi) is 5.66. The van der Waals surface area contributed by atoms with E-state index in [9.17, 15) is 9.90 Å². The Morgan fingerprint density at radius 2 is 2.03 bits per heavy atom. The molecule has 1 aliphatic heterocycles. The van der Waals surface area contributed by atoms with Crippen molar-refractivity contribution in [2.75, 3.05) is 32.6 Å². The lowest BCUT2D eigenvalue weighted by Crippen LogP contribution is -2.43. The molecule has 158 valence electrons. The van der Waals surface area contributed by atoms with Crippen LogP contribution in [0.15, 0.2) is 30.6 Å². The zero-order valence-electron chi connectivity index (χ0n) is 16.5. The fourth-order valence-corrected chi connectivity index (χ4v) is 4.10. The largest absolute Gasteiger partial charge is 0.497 e. The number of piperidine rings is 1. The van der Waals surface area contributed by atoms with Crippen molar-refractivity contribution in [1.82, 2.24) is 20.0 Å². The lowest BCUT2D eigenvalue weighted by molar-refractivity contribution is -0.148. The van der Waals surface area contributed by atoms with Crippen LogP contribution in [0.4, 0.5) is 9.93 Å². The second kappa shape index (κ2) is 8.38. The van der Waals surface area contributed by atoms with E-state index in [1.807, 2.05) is 24.3 Å². The molecule has 2 aromatic heterocycles. The van der Waals surface area contributed by atoms with E-state index in [2.05, 4.69) is 20.3 Å². The SMILES string of the molecule is COc1cccc(C2(O)CCN(OC(=O)Nc3nc4c(OC)ncnc4s3)CC2)c1. The summed E-state index contributed by atoms with van der Waals surface area (Å²) in [5, 5.41) is 15.5. The van der Waals surface area contributed by atoms with Gasteiger partial charge in [-0.3, -0.25) is 5.32 Å². The number of carbonyl (C=O) groups is 1. The van der Waals surface area contributed by atoms with E-state index in [1.54, 1.807) is 7.11 Å². The molecule has 1 saturated heterocycles. The summed E-state index contributed by atoms with van der Waals surface area (Å²) in [5.74, 6) is 1.03. The number of benzene rings is 1. The normalized spacial score (nSPS) is 16.2. The van der Waals surface area contributed by atoms with Gasteiger partial charge in [-0.2, -0.15) is 4.98 Å². The van der Waals surface area contributed by atoms with E-state index in [0.717, 1.165) is 5.56 Å². The van der Waals surface area contributed by atoms with E-state index in [0.29, 0.717) is 53.0 Å². The number of amides is 1. The monoisotopic (exact) mass is 431 g/mol. The standard InChI is InChI=1S/C19H21N5O5S/c1-27-13-5-3-4-12(10-13)19(26)6-8-24(9-7-19)29-18(25)23-17-22-14-15(28-2)20-11-21-16(14)30-17/h3-5,10-11,26H,6-9H2,1-2H3,(H,22,23,25). The van der Waals surface area contributed by atoms with Gasteiger partial charge in [0.2, 0.25) is 5.88 Å². The Morgan fingerprint density at radius 1 is 1.23 bits per heavy atom. The van der Waals surface area contributed by atoms with E-state index < -0.39 is 11.7 Å². The molecule has 11 heteroatoms. The van der Waals surface area contributed by atoms with E-state index in [1.165, 1.54) is 29.8 Å². The van der Waals surface area contributed by atoms with Crippen LogP contribution in [0.2, 0.25) is 0 Å². The van der Waals surface area contributed by atoms with Crippen molar-refractivity contribution in [2.24, 2.45) is 0 Å². The number of hydroxylamine groups is 2. The lowest BCUT2D eigenvalue weighted by Gasteiger charge is -2.37. The third kappa shape index (κ3) is 4.13. The Bertz CT molecular complexity index is 1050. The maximum atomic E-state index is 12.3. The third-order valence-electron chi connectivity index (χ3n) is 4.93. The fourth-order valence-electron chi connectivity index (χ4n) is 3.31. The van der Waals surface area contributed by atoms with Crippen LogP contribution in [0.5, 0.6) is 11.6 Å². The summed E-state index contributed by atoms with van der Waals surface area (Å²) in [6, 6.07) is 7.38. The zero-order chi connectivity index (χ0) is 21.1. The van der Waals surface area contributed by atoms with Crippen molar-refractivity contribution in [2.45, 2.75) is 18.4 Å². The number of nitrogens with zero attached hydrogens (tertiary/aromatic N) is 4. The molecule has 0 atom stereocenters. The molecule has 10 nitrogen and oxygen atoms in total. The maximum Gasteiger partial charge on any atom is 0.432 e. The molecule has 0 radical (unpaired) electrons. The quantitative estimate of drug-likeness (QED) is 0.628. The van der Waals surface area contributed by atoms with Crippen LogP contribution in [0.1, 0.15) is 18.4 Å². The first kappa shape index (κ1) is 20.3. The van der Waals surface area contributed by atoms with Crippen LogP contribution >= 0.6 is 11.3 Å². The van der Waals surface area contributed by atoms with Gasteiger partial charge in [-0.1, -0.05) is 23.5 Å². The van der Waals surface area contributed by atoms with Gasteiger partial charge in [0, 0.05) is 13.1 Å². The van der Waals surface area contributed by atoms with Crippen LogP contribution in [0.25, 0.3) is 10.3 Å². The van der Waals surface area contributed by atoms with Crippen LogP contribution in [0, 0.1) is 0 Å². The van der Waals surface area contributed by atoms with E-state index in [-0.39, 0.29) is 0 Å². The van der Waals surface area contributed by atoms with Crippen molar-refractivity contribution >= 4 is 32.9 Å². The van der Waals surface area contributed by atoms with Gasteiger partial charge in [0.1, 0.15) is 12.1 Å². The molecule has 1 aromatic carbocycles. The maximum absolute atomic E-state index is 12.3. The van der Waals surface area contributed by atoms with Gasteiger partial charge in [0.05, 0.1) is 19.8 Å². The highest BCUT2D eigenvalue weighted by molar-refractivity contribution is 7.22. The van der Waals surface area contributed by atoms with Crippen molar-refractivity contribution in [1.29, 1.82) is 0 Å². The number of ether oxygens (including phenoxy) is 2. The fraction of sp³-hybridized carbons (Fsp3) is 0.368. The second-order valence-electron chi connectivity index (χ2n) is 6.75. The zero-order valence-corrected chi connectivity index (χ0v) is 17.3. The van der Waals surface area contributed by atoms with Crippen molar-refractivity contribution < 1.29 is 24.2 Å². The number of hydrogen-bond acceptors (Lipinski definition) is 10. The Balaban J connectivity index is 1.35. The summed E-state index contributed by atoms with van der Waals surface area (Å²) in [7, 11) is 3.08. The molecule has 0 unspecified atom stereocenters. The van der Waals surface area contributed by atoms with Gasteiger partial charge in [-0.05, 0) is 30.5 Å². The number of thiazole rings is 1. The molecule has 1 amide bonds. The molecule has 0 bridgehead atoms. The number of carbonyl (C=O) groups excluding carboxylic acids is 1. The number of nitrogens with one attached hydrogen (secondary N) is 1. The molecule has 3 aromatic rings. The summed E-state index contributed by atoms with van der Waals surface area (Å²) in [6.45, 7) is 0.778. The van der Waals surface area contributed by atoms with Gasteiger partial charge in [-0.15, -0.1) is 5.06 Å². The first-order valence-corrected chi connectivity index (χ1v) is 10.1. The first-order chi connectivity index (χ1) is 14.5. The molecule has 0 saturated carbocycles. The van der Waals surface area contributed by atoms with Crippen molar-refractivity contribution in [3.63, 3.8) is 0 Å². The number of aromatic nitrogens is 3. The van der Waals surface area contributed by atoms with Gasteiger partial charge in [-0.25, -0.2) is 14.8 Å². The number of fused-ring (bicyclic) bond motifs is 1. The molecule has 1 fully saturated rings. The number of rotatable bonds is 5. The Hall–Kier alpha value is -3.02. The highest BCUT2D eigenvalue weighted by Crippen LogP contribution is 2.34. The van der Waals surface area contributed by atoms with E-state index in [4.69, 9.17) is 14.3 Å². The Labute approximate surface area is 176 Å². The Morgan fingerprint density at radius 3 is 2.77 bits per heavy atom. The smallest absolute Gasteiger partial charge is 0.432 e. The minimum absolute atomic E-state index is 0.332. The van der Waals surface area contributed by atoms with E-state index >= 15 is 0 Å². The average molecular weight is 431 g/mol. The summed E-state index contributed by atoms with van der Waals surface area (Å²) in [4.78, 5) is 30.6. The minimum atomic E-state index is -0.993. The van der Waals surface area contributed by atoms with Gasteiger partial charge < -0.3 is 19.4 Å². The van der Waals surface area contributed by atoms with Crippen molar-refractivity contribution in [3.05, 3.63) is 36.2 Å². The predicted octanol–water partition coefficient (Wildman–Crippen LogP) is 2.55. The number of aliphatic hydroxyl groups is 1. The average Bonchev–Trinajstić information content (AvgIpc) is 3.17. The molecular weight excluding hydrogens is 410 g/mol. The van der Waals surface area contributed by atoms with Gasteiger partial charge >= 0.3 is 6.09 Å². The first-order valence-electron chi connectivity index (χ1n) is 9.27. The minimum Gasteiger partial charge on any atom is -0.497 e. The molecule has 0 aliphatic carbocycles. The van der Waals surface area contributed by atoms with Crippen LogP contribution in [0.3, 0.4) is 0 Å². The highest BCUT2D eigenvalue weighted by atomic mass is 32.1. The molecule has 3 heterocycles. The van der Waals surface area contributed by atoms with Crippen LogP contribution in [-0.4, -0.2) is 58.5 Å². The molecule has 30 heavy (non-hydrogen) atoms. The summed E-state index contributed by atoms with van der Waals surface area (Å²) < 4.78 is 10.4. The molecular formula is C19H21N5O5S. The topological polar surface area (TPSA) is 119 Å². The second-order valence-corrected chi connectivity index (χ2v) is 7.73. The molecule has 2 N–H and O–H groups in total. The highest BCUT2D eigenvalue weighted by Gasteiger charge is 2.35. The van der Waals surface area contributed by atoms with Gasteiger partial charge in [0.15, 0.2) is 15.5 Å². The summed E-state index contributed by atoms with van der Waals surface area (Å²) in [5.41, 5.74) is 0.268. The summed E-state index contributed by atoms with van der Waals surface area (Å²) in [6.07, 6.45) is 1.55. The lowest BCUT2D eigenvalue weighted by atomic mass is 9.85. The number of methoxy groups -OCH3 is 2. The molecule has 0 spiro atoms. The predicted molar refractivity (Wildman–Crippen MR) is 110 cm³/mol. The number of hydrogen-bond donors (Lipinski definition) is 2. The number of anilines is 1. The summed E-state index contributed by atoms with van der Waals surface area (Å²) >= 11 is 1.19.